The number of ether oxygens (including phenoxy) is 1. The molecule has 5 rings (SSSR count). The van der Waals surface area contributed by atoms with Crippen LogP contribution in [-0.2, 0) is 20.2 Å². The van der Waals surface area contributed by atoms with E-state index in [0.717, 1.165) is 16.8 Å². The molecule has 0 aliphatic carbocycles. The number of benzene rings is 4. The highest BCUT2D eigenvalue weighted by molar-refractivity contribution is 7.86. The van der Waals surface area contributed by atoms with Gasteiger partial charge in [0, 0.05) is 22.3 Å². The van der Waals surface area contributed by atoms with Crippen LogP contribution in [0.3, 0.4) is 0 Å². The van der Waals surface area contributed by atoms with Crippen molar-refractivity contribution in [1.82, 2.24) is 9.78 Å². The van der Waals surface area contributed by atoms with E-state index in [2.05, 4.69) is 5.10 Å². The second-order valence-corrected chi connectivity index (χ2v) is 11.4. The Balaban J connectivity index is 1.64. The summed E-state index contributed by atoms with van der Waals surface area (Å²) in [6.07, 6.45) is 0. The lowest BCUT2D eigenvalue weighted by Gasteiger charge is -2.14. The molecule has 14 heteroatoms. The maximum Gasteiger partial charge on any atom is 0.298 e. The number of fused-ring (bicyclic) bond motifs is 1. The third kappa shape index (κ3) is 5.11. The molecule has 6 N–H and O–H groups in total. The molecule has 1 heterocycles. The first-order chi connectivity index (χ1) is 18.8. The number of nitrogen functional groups attached to an aromatic ring is 2. The van der Waals surface area contributed by atoms with Crippen LogP contribution in [0.1, 0.15) is 0 Å². The first-order valence-corrected chi connectivity index (χ1v) is 14.3. The maximum absolute atomic E-state index is 13.4. The van der Waals surface area contributed by atoms with Crippen molar-refractivity contribution in [1.29, 1.82) is 0 Å². The molecule has 5 aromatic rings. The maximum atomic E-state index is 13.4. The highest BCUT2D eigenvalue weighted by atomic mass is 32.2. The van der Waals surface area contributed by atoms with Crippen LogP contribution in [0.5, 0.6) is 11.5 Å². The van der Waals surface area contributed by atoms with Crippen LogP contribution in [0, 0.1) is 0 Å². The summed E-state index contributed by atoms with van der Waals surface area (Å²) in [7, 11) is -9.39. The van der Waals surface area contributed by atoms with Crippen molar-refractivity contribution < 1.29 is 30.7 Å². The van der Waals surface area contributed by atoms with Gasteiger partial charge in [0.05, 0.1) is 16.8 Å². The average Bonchev–Trinajstić information content (AvgIpc) is 2.90. The quantitative estimate of drug-likeness (QED) is 0.169. The van der Waals surface area contributed by atoms with Gasteiger partial charge in [-0.3, -0.25) is 13.9 Å². The average molecular weight is 581 g/mol. The fourth-order valence-corrected chi connectivity index (χ4v) is 5.45. The van der Waals surface area contributed by atoms with Gasteiger partial charge in [-0.05, 0) is 66.7 Å². The molecule has 0 saturated carbocycles. The van der Waals surface area contributed by atoms with E-state index in [9.17, 15) is 30.7 Å². The van der Waals surface area contributed by atoms with Crippen molar-refractivity contribution in [2.24, 2.45) is 0 Å². The molecule has 1 aromatic heterocycles. The van der Waals surface area contributed by atoms with Gasteiger partial charge in [-0.1, -0.05) is 18.2 Å². The summed E-state index contributed by atoms with van der Waals surface area (Å²) in [5, 5.41) is 5.13. The summed E-state index contributed by atoms with van der Waals surface area (Å²) in [6.45, 7) is 0. The third-order valence-corrected chi connectivity index (χ3v) is 7.65. The highest BCUT2D eigenvalue weighted by Gasteiger charge is 2.22. The number of nitrogens with two attached hydrogens (primary N) is 2. The molecule has 12 nitrogen and oxygen atoms in total. The van der Waals surface area contributed by atoms with Gasteiger partial charge in [-0.2, -0.15) is 26.6 Å². The molecule has 0 amide bonds. The number of hydrogen-bond acceptors (Lipinski definition) is 9. The second kappa shape index (κ2) is 9.77. The van der Waals surface area contributed by atoms with Crippen molar-refractivity contribution in [2.45, 2.75) is 9.79 Å². The summed E-state index contributed by atoms with van der Waals surface area (Å²) in [5.74, 6) is 0.0610. The summed E-state index contributed by atoms with van der Waals surface area (Å²) < 4.78 is 73.6. The number of rotatable bonds is 6. The Kier molecular flexibility index (Phi) is 6.55. The van der Waals surface area contributed by atoms with E-state index < -0.39 is 35.6 Å². The minimum absolute atomic E-state index is 0.0549. The Labute approximate surface area is 227 Å². The van der Waals surface area contributed by atoms with Gasteiger partial charge in [-0.15, -0.1) is 0 Å². The van der Waals surface area contributed by atoms with Gasteiger partial charge in [-0.25, -0.2) is 0 Å². The highest BCUT2D eigenvalue weighted by Crippen LogP contribution is 2.33. The predicted octanol–water partition coefficient (Wildman–Crippen LogP) is 3.50. The number of hydrogen-bond donors (Lipinski definition) is 4. The Morgan fingerprint density at radius 3 is 1.93 bits per heavy atom. The second-order valence-electron chi connectivity index (χ2n) is 8.62. The van der Waals surface area contributed by atoms with Crippen LogP contribution in [0.25, 0.3) is 27.7 Å². The lowest BCUT2D eigenvalue weighted by molar-refractivity contribution is 0.450. The predicted molar refractivity (Wildman–Crippen MR) is 148 cm³/mol. The molecule has 0 aliphatic heterocycles. The molecule has 0 saturated heterocycles. The van der Waals surface area contributed by atoms with E-state index in [0.29, 0.717) is 16.6 Å². The van der Waals surface area contributed by atoms with Crippen molar-refractivity contribution in [3.63, 3.8) is 0 Å². The van der Waals surface area contributed by atoms with Crippen LogP contribution in [0.2, 0.25) is 0 Å². The van der Waals surface area contributed by atoms with Crippen molar-refractivity contribution >= 4 is 42.4 Å². The zero-order valence-corrected chi connectivity index (χ0v) is 21.9. The third-order valence-electron chi connectivity index (χ3n) is 5.90. The van der Waals surface area contributed by atoms with E-state index in [1.54, 1.807) is 36.4 Å². The van der Waals surface area contributed by atoms with Crippen molar-refractivity contribution in [3.05, 3.63) is 95.3 Å². The Morgan fingerprint density at radius 2 is 1.30 bits per heavy atom. The largest absolute Gasteiger partial charge is 0.456 e. The van der Waals surface area contributed by atoms with Crippen LogP contribution in [-0.4, -0.2) is 35.7 Å². The summed E-state index contributed by atoms with van der Waals surface area (Å²) in [6, 6.07) is 20.2. The fraction of sp³-hybridized carbons (Fsp3) is 0. The topological polar surface area (TPSA) is 205 Å². The Hall–Kier alpha value is -4.76. The van der Waals surface area contributed by atoms with Gasteiger partial charge in [0.1, 0.15) is 21.3 Å². The zero-order chi connectivity index (χ0) is 28.8. The van der Waals surface area contributed by atoms with Crippen molar-refractivity contribution in [2.75, 3.05) is 11.5 Å². The van der Waals surface area contributed by atoms with E-state index >= 15 is 0 Å². The number of anilines is 2. The molecule has 0 atom stereocenters. The molecule has 0 radical (unpaired) electrons. The Bertz CT molecular complexity index is 2080. The monoisotopic (exact) mass is 580 g/mol. The number of aromatic nitrogens is 2. The summed E-state index contributed by atoms with van der Waals surface area (Å²) in [5.41, 5.74) is 11.5. The van der Waals surface area contributed by atoms with Crippen LogP contribution in [0.15, 0.2) is 99.5 Å². The minimum Gasteiger partial charge on any atom is -0.456 e. The van der Waals surface area contributed by atoms with Gasteiger partial charge in [0.15, 0.2) is 0 Å². The normalized spacial score (nSPS) is 11.9. The lowest BCUT2D eigenvalue weighted by atomic mass is 10.0. The van der Waals surface area contributed by atoms with Crippen molar-refractivity contribution in [3.8, 4) is 28.4 Å². The first-order valence-electron chi connectivity index (χ1n) is 11.4. The molecule has 0 unspecified atom stereocenters. The van der Waals surface area contributed by atoms with Gasteiger partial charge in [0.2, 0.25) is 0 Å². The van der Waals surface area contributed by atoms with Gasteiger partial charge >= 0.3 is 0 Å². The first kappa shape index (κ1) is 26.8. The van der Waals surface area contributed by atoms with E-state index in [1.807, 2.05) is 0 Å². The van der Waals surface area contributed by atoms with E-state index in [1.165, 1.54) is 36.4 Å². The SMILES string of the molecule is Nc1ccc(Oc2ccc(-c3nn(-c4ccc(N)cc4S(=O)(=O)O)c(=O)c4ccccc34)cc2)c(S(=O)(=O)O)c1. The molecule has 0 aliphatic rings. The molecular weight excluding hydrogens is 560 g/mol. The standard InChI is InChI=1S/C26H20N4O8S2/c27-16-7-11-21(23(13-16)39(32,33)34)30-26(31)20-4-2-1-3-19(20)25(29-30)15-5-9-18(10-6-15)38-22-12-8-17(28)14-24(22)40(35,36)37/h1-14H,27-28H2,(H,32,33,34)(H,35,36,37). The Morgan fingerprint density at radius 1 is 0.725 bits per heavy atom. The van der Waals surface area contributed by atoms with E-state index in [-0.39, 0.29) is 33.9 Å². The molecule has 4 aromatic carbocycles. The van der Waals surface area contributed by atoms with Gasteiger partial charge in [0.25, 0.3) is 25.8 Å². The minimum atomic E-state index is -4.77. The molecule has 0 fully saturated rings. The van der Waals surface area contributed by atoms with E-state index in [4.69, 9.17) is 16.2 Å². The number of nitrogens with zero attached hydrogens (tertiary/aromatic N) is 2. The van der Waals surface area contributed by atoms with Crippen LogP contribution >= 0.6 is 0 Å². The molecule has 40 heavy (non-hydrogen) atoms. The molecule has 204 valence electrons. The molecule has 0 bridgehead atoms. The summed E-state index contributed by atoms with van der Waals surface area (Å²) >= 11 is 0. The fourth-order valence-electron chi connectivity index (χ4n) is 4.10. The molecule has 0 spiro atoms. The van der Waals surface area contributed by atoms with Crippen LogP contribution < -0.4 is 21.8 Å². The van der Waals surface area contributed by atoms with Crippen LogP contribution in [0.4, 0.5) is 11.4 Å². The molecular formula is C26H20N4O8S2. The smallest absolute Gasteiger partial charge is 0.298 e. The summed E-state index contributed by atoms with van der Waals surface area (Å²) in [4.78, 5) is 12.3. The lowest BCUT2D eigenvalue weighted by Crippen LogP contribution is -2.24. The van der Waals surface area contributed by atoms with Gasteiger partial charge < -0.3 is 16.2 Å². The zero-order valence-electron chi connectivity index (χ0n) is 20.3.